The molecule has 0 N–H and O–H groups in total. The molecule has 3 heteroatoms. The molecule has 81 valence electrons. The van der Waals surface area contributed by atoms with E-state index in [1.807, 2.05) is 30.3 Å². The first kappa shape index (κ1) is 12.1. The predicted molar refractivity (Wildman–Crippen MR) is 62.7 cm³/mol. The fourth-order valence-corrected chi connectivity index (χ4v) is 1.80. The summed E-state index contributed by atoms with van der Waals surface area (Å²) in [5.41, 5.74) is 0. The van der Waals surface area contributed by atoms with E-state index in [1.165, 1.54) is 4.90 Å². The maximum Gasteiger partial charge on any atom is 0.305 e. The van der Waals surface area contributed by atoms with Gasteiger partial charge in [-0.15, -0.1) is 11.8 Å². The second kappa shape index (κ2) is 7.35. The van der Waals surface area contributed by atoms with E-state index in [2.05, 4.69) is 6.92 Å². The Balaban J connectivity index is 2.10. The van der Waals surface area contributed by atoms with Crippen LogP contribution in [0.25, 0.3) is 0 Å². The summed E-state index contributed by atoms with van der Waals surface area (Å²) < 4.78 is 5.00. The first-order valence-electron chi connectivity index (χ1n) is 4.95. The van der Waals surface area contributed by atoms with Crippen molar-refractivity contribution in [3.63, 3.8) is 0 Å². The fourth-order valence-electron chi connectivity index (χ4n) is 1.05. The van der Waals surface area contributed by atoms with Gasteiger partial charge in [0.25, 0.3) is 0 Å². The van der Waals surface area contributed by atoms with Gasteiger partial charge in [0, 0.05) is 17.1 Å². The van der Waals surface area contributed by atoms with Gasteiger partial charge in [-0.3, -0.25) is 4.79 Å². The average Bonchev–Trinajstić information content (AvgIpc) is 2.26. The summed E-state index contributed by atoms with van der Waals surface area (Å²) in [6.07, 6.45) is 1.01. The predicted octanol–water partition coefficient (Wildman–Crippen LogP) is 2.94. The van der Waals surface area contributed by atoms with Crippen LogP contribution in [0.2, 0.25) is 0 Å². The zero-order chi connectivity index (χ0) is 10.9. The molecule has 0 heterocycles. The van der Waals surface area contributed by atoms with Gasteiger partial charge < -0.3 is 4.74 Å². The van der Waals surface area contributed by atoms with Crippen LogP contribution < -0.4 is 0 Å². The van der Waals surface area contributed by atoms with Crippen molar-refractivity contribution in [2.75, 3.05) is 12.4 Å². The van der Waals surface area contributed by atoms with E-state index >= 15 is 0 Å². The maximum atomic E-state index is 11.0. The smallest absolute Gasteiger partial charge is 0.305 e. The second-order valence-corrected chi connectivity index (χ2v) is 4.15. The number of hydrogen-bond donors (Lipinski definition) is 0. The molecular formula is C12H15O2S. The van der Waals surface area contributed by atoms with Crippen LogP contribution in [0.15, 0.2) is 35.2 Å². The van der Waals surface area contributed by atoms with Gasteiger partial charge in [0.1, 0.15) is 6.61 Å². The summed E-state index contributed by atoms with van der Waals surface area (Å²) in [6.45, 7) is 4.07. The largest absolute Gasteiger partial charge is 0.465 e. The van der Waals surface area contributed by atoms with Gasteiger partial charge in [-0.1, -0.05) is 25.1 Å². The van der Waals surface area contributed by atoms with Crippen LogP contribution in [0.5, 0.6) is 0 Å². The molecule has 1 aromatic carbocycles. The van der Waals surface area contributed by atoms with Crippen molar-refractivity contribution in [2.24, 2.45) is 0 Å². The molecule has 0 saturated heterocycles. The highest BCUT2D eigenvalue weighted by Gasteiger charge is 2.00. The number of esters is 1. The lowest BCUT2D eigenvalue weighted by molar-refractivity contribution is -0.142. The van der Waals surface area contributed by atoms with E-state index in [4.69, 9.17) is 4.74 Å². The summed E-state index contributed by atoms with van der Waals surface area (Å²) in [5, 5.41) is 0. The zero-order valence-corrected chi connectivity index (χ0v) is 9.46. The Kier molecular flexibility index (Phi) is 5.93. The lowest BCUT2D eigenvalue weighted by Crippen LogP contribution is -2.06. The molecule has 0 bridgehead atoms. The molecule has 1 aromatic rings. The van der Waals surface area contributed by atoms with Crippen LogP contribution in [0.3, 0.4) is 0 Å². The van der Waals surface area contributed by atoms with Crippen LogP contribution in [0.4, 0.5) is 0 Å². The van der Waals surface area contributed by atoms with E-state index in [9.17, 15) is 4.79 Å². The Bertz CT molecular complexity index is 285. The maximum absolute atomic E-state index is 11.0. The van der Waals surface area contributed by atoms with E-state index in [0.717, 1.165) is 5.75 Å². The molecule has 0 atom stereocenters. The SMILES string of the molecule is [CH2]CCC(=O)OCCSc1ccccc1. The number of carbonyl (C=O) groups is 1. The lowest BCUT2D eigenvalue weighted by Gasteiger charge is -2.03. The number of rotatable bonds is 6. The molecule has 0 aliphatic carbocycles. The van der Waals surface area contributed by atoms with Crippen molar-refractivity contribution in [2.45, 2.75) is 17.7 Å². The van der Waals surface area contributed by atoms with Crippen molar-refractivity contribution < 1.29 is 9.53 Å². The molecule has 0 aromatic heterocycles. The van der Waals surface area contributed by atoms with Crippen molar-refractivity contribution in [1.29, 1.82) is 0 Å². The molecule has 0 saturated carbocycles. The third kappa shape index (κ3) is 5.47. The number of ether oxygens (including phenoxy) is 1. The number of benzene rings is 1. The van der Waals surface area contributed by atoms with Crippen LogP contribution in [-0.4, -0.2) is 18.3 Å². The molecular weight excluding hydrogens is 208 g/mol. The van der Waals surface area contributed by atoms with Crippen LogP contribution in [-0.2, 0) is 9.53 Å². The first-order chi connectivity index (χ1) is 7.33. The Morgan fingerprint density at radius 3 is 2.73 bits per heavy atom. The summed E-state index contributed by atoms with van der Waals surface area (Å²) in [4.78, 5) is 12.2. The topological polar surface area (TPSA) is 26.3 Å². The third-order valence-electron chi connectivity index (χ3n) is 1.74. The standard InChI is InChI=1S/C12H15O2S/c1-2-6-12(13)14-9-10-15-11-7-4-3-5-8-11/h3-5,7-8H,1-2,6,9-10H2. The Morgan fingerprint density at radius 2 is 2.07 bits per heavy atom. The zero-order valence-electron chi connectivity index (χ0n) is 8.65. The molecule has 0 unspecified atom stereocenters. The summed E-state index contributed by atoms with van der Waals surface area (Å²) >= 11 is 1.69. The highest BCUT2D eigenvalue weighted by atomic mass is 32.2. The molecule has 2 nitrogen and oxygen atoms in total. The van der Waals surface area contributed by atoms with Gasteiger partial charge in [-0.05, 0) is 18.6 Å². The Morgan fingerprint density at radius 1 is 1.33 bits per heavy atom. The highest BCUT2D eigenvalue weighted by molar-refractivity contribution is 7.99. The normalized spacial score (nSPS) is 9.93. The van der Waals surface area contributed by atoms with Gasteiger partial charge in [0.15, 0.2) is 0 Å². The van der Waals surface area contributed by atoms with Gasteiger partial charge in [0.2, 0.25) is 0 Å². The molecule has 0 aliphatic heterocycles. The van der Waals surface area contributed by atoms with E-state index in [0.29, 0.717) is 19.4 Å². The number of hydrogen-bond acceptors (Lipinski definition) is 3. The monoisotopic (exact) mass is 223 g/mol. The molecule has 1 radical (unpaired) electrons. The molecule has 0 spiro atoms. The molecule has 1 rings (SSSR count). The first-order valence-corrected chi connectivity index (χ1v) is 5.94. The number of thioether (sulfide) groups is 1. The summed E-state index contributed by atoms with van der Waals surface area (Å²) in [5.74, 6) is 0.644. The Hall–Kier alpha value is -0.960. The Labute approximate surface area is 95.0 Å². The van der Waals surface area contributed by atoms with Crippen molar-refractivity contribution >= 4 is 17.7 Å². The quantitative estimate of drug-likeness (QED) is 0.421. The minimum absolute atomic E-state index is 0.154. The third-order valence-corrected chi connectivity index (χ3v) is 2.72. The summed E-state index contributed by atoms with van der Waals surface area (Å²) in [7, 11) is 0. The van der Waals surface area contributed by atoms with Gasteiger partial charge in [-0.25, -0.2) is 0 Å². The van der Waals surface area contributed by atoms with Crippen LogP contribution in [0.1, 0.15) is 12.8 Å². The van der Waals surface area contributed by atoms with Gasteiger partial charge in [-0.2, -0.15) is 0 Å². The molecule has 0 fully saturated rings. The van der Waals surface area contributed by atoms with Crippen LogP contribution in [0, 0.1) is 6.92 Å². The van der Waals surface area contributed by atoms with E-state index in [-0.39, 0.29) is 5.97 Å². The lowest BCUT2D eigenvalue weighted by atomic mass is 10.3. The highest BCUT2D eigenvalue weighted by Crippen LogP contribution is 2.16. The van der Waals surface area contributed by atoms with Gasteiger partial charge in [0.05, 0.1) is 0 Å². The van der Waals surface area contributed by atoms with Gasteiger partial charge >= 0.3 is 5.97 Å². The van der Waals surface area contributed by atoms with E-state index in [1.54, 1.807) is 11.8 Å². The number of carbonyl (C=O) groups excluding carboxylic acids is 1. The molecule has 15 heavy (non-hydrogen) atoms. The van der Waals surface area contributed by atoms with Crippen LogP contribution >= 0.6 is 11.8 Å². The van der Waals surface area contributed by atoms with Crippen molar-refractivity contribution in [1.82, 2.24) is 0 Å². The molecule has 0 aliphatic rings. The van der Waals surface area contributed by atoms with E-state index < -0.39 is 0 Å². The minimum Gasteiger partial charge on any atom is -0.465 e. The minimum atomic E-state index is -0.154. The fraction of sp³-hybridized carbons (Fsp3) is 0.333. The van der Waals surface area contributed by atoms with Crippen molar-refractivity contribution in [3.8, 4) is 0 Å². The molecule has 0 amide bonds. The summed E-state index contributed by atoms with van der Waals surface area (Å²) in [6, 6.07) is 10.1. The second-order valence-electron chi connectivity index (χ2n) is 2.99. The van der Waals surface area contributed by atoms with Crippen molar-refractivity contribution in [3.05, 3.63) is 37.3 Å². The average molecular weight is 223 g/mol.